The molecule has 0 radical (unpaired) electrons. The van der Waals surface area contributed by atoms with Gasteiger partial charge in [0.15, 0.2) is 17.6 Å². The first-order chi connectivity index (χ1) is 16.1. The van der Waals surface area contributed by atoms with Gasteiger partial charge in [-0.2, -0.15) is 0 Å². The minimum absolute atomic E-state index is 0.185. The average Bonchev–Trinajstić information content (AvgIpc) is 2.86. The predicted molar refractivity (Wildman–Crippen MR) is 121 cm³/mol. The van der Waals surface area contributed by atoms with Crippen LogP contribution in [0.4, 0.5) is 11.6 Å². The zero-order valence-electron chi connectivity index (χ0n) is 18.1. The van der Waals surface area contributed by atoms with Gasteiger partial charge in [0.05, 0.1) is 18.8 Å². The van der Waals surface area contributed by atoms with Crippen molar-refractivity contribution in [2.75, 3.05) is 43.1 Å². The molecular weight excluding hydrogens is 426 g/mol. The number of nitrogens with zero attached hydrogens (tertiary/aromatic N) is 4. The zero-order chi connectivity index (χ0) is 22.8. The van der Waals surface area contributed by atoms with E-state index in [1.54, 1.807) is 49.8 Å². The fourth-order valence-electron chi connectivity index (χ4n) is 3.81. The van der Waals surface area contributed by atoms with E-state index in [4.69, 9.17) is 19.2 Å². The Kier molecular flexibility index (Phi) is 5.66. The summed E-state index contributed by atoms with van der Waals surface area (Å²) in [6.45, 7) is 2.07. The summed E-state index contributed by atoms with van der Waals surface area (Å²) in [6.07, 6.45) is 2.58. The van der Waals surface area contributed by atoms with Crippen LogP contribution in [0.3, 0.4) is 0 Å². The van der Waals surface area contributed by atoms with Gasteiger partial charge in [-0.15, -0.1) is 0 Å². The second-order valence-electron chi connectivity index (χ2n) is 7.73. The average molecular weight is 449 g/mol. The molecule has 1 unspecified atom stereocenters. The van der Waals surface area contributed by atoms with Crippen molar-refractivity contribution in [1.82, 2.24) is 14.5 Å². The van der Waals surface area contributed by atoms with Gasteiger partial charge < -0.3 is 24.4 Å². The summed E-state index contributed by atoms with van der Waals surface area (Å²) in [6, 6.07) is 10.3. The molecule has 33 heavy (non-hydrogen) atoms. The predicted octanol–water partition coefficient (Wildman–Crippen LogP) is 1.46. The lowest BCUT2D eigenvalue weighted by Gasteiger charge is -2.33. The molecule has 1 fully saturated rings. The highest BCUT2D eigenvalue weighted by Crippen LogP contribution is 2.32. The molecule has 2 aromatic heterocycles. The van der Waals surface area contributed by atoms with Crippen molar-refractivity contribution in [3.05, 3.63) is 59.1 Å². The molecule has 10 heteroatoms. The van der Waals surface area contributed by atoms with Crippen LogP contribution in [-0.2, 0) is 16.6 Å². The monoisotopic (exact) mass is 449 g/mol. The Bertz CT molecular complexity index is 1230. The van der Waals surface area contributed by atoms with Gasteiger partial charge in [-0.3, -0.25) is 19.1 Å². The Labute approximate surface area is 189 Å². The van der Waals surface area contributed by atoms with Crippen LogP contribution in [0, 0.1) is 0 Å². The first-order valence-electron chi connectivity index (χ1n) is 10.6. The van der Waals surface area contributed by atoms with Gasteiger partial charge in [0, 0.05) is 49.4 Å². The highest BCUT2D eigenvalue weighted by Gasteiger charge is 2.29. The molecule has 0 spiro atoms. The van der Waals surface area contributed by atoms with Crippen molar-refractivity contribution >= 4 is 17.5 Å². The molecule has 3 aromatic rings. The maximum Gasteiger partial charge on any atom is 0.255 e. The summed E-state index contributed by atoms with van der Waals surface area (Å²) >= 11 is 0. The number of ether oxygens (including phenoxy) is 3. The highest BCUT2D eigenvalue weighted by molar-refractivity contribution is 5.95. The molecule has 170 valence electrons. The number of pyridine rings is 1. The molecule has 1 atom stereocenters. The normalized spacial score (nSPS) is 17.5. The Morgan fingerprint density at radius 1 is 1.06 bits per heavy atom. The molecule has 5 rings (SSSR count). The van der Waals surface area contributed by atoms with Crippen molar-refractivity contribution in [3.8, 4) is 22.8 Å². The lowest BCUT2D eigenvalue weighted by molar-refractivity contribution is -0.128. The molecule has 0 saturated carbocycles. The number of amides is 1. The molecule has 1 amide bonds. The third kappa shape index (κ3) is 4.37. The number of carbonyl (C=O) groups excluding carboxylic acids is 1. The highest BCUT2D eigenvalue weighted by atomic mass is 16.6. The van der Waals surface area contributed by atoms with Crippen LogP contribution in [0.15, 0.2) is 53.6 Å². The summed E-state index contributed by atoms with van der Waals surface area (Å²) in [7, 11) is 1.67. The van der Waals surface area contributed by atoms with Crippen LogP contribution >= 0.6 is 0 Å². The number of hydrogen-bond donors (Lipinski definition) is 1. The van der Waals surface area contributed by atoms with E-state index in [0.29, 0.717) is 55.2 Å². The smallest absolute Gasteiger partial charge is 0.255 e. The minimum atomic E-state index is -0.728. The first-order valence-corrected chi connectivity index (χ1v) is 10.6. The van der Waals surface area contributed by atoms with Gasteiger partial charge in [0.25, 0.3) is 11.5 Å². The first kappa shape index (κ1) is 21.0. The SMILES string of the molecule is Cn1c(N2CCOC(C(=O)Nc3ccc4c(c3)OCCO4)C2)nc(-c2ccncc2)cc1=O. The van der Waals surface area contributed by atoms with Crippen molar-refractivity contribution in [1.29, 1.82) is 0 Å². The van der Waals surface area contributed by atoms with Gasteiger partial charge >= 0.3 is 0 Å². The topological polar surface area (TPSA) is 108 Å². The fourth-order valence-corrected chi connectivity index (χ4v) is 3.81. The van der Waals surface area contributed by atoms with Gasteiger partial charge in [-0.25, -0.2) is 4.98 Å². The Hall–Kier alpha value is -3.92. The molecule has 0 aliphatic carbocycles. The van der Waals surface area contributed by atoms with Crippen LogP contribution in [0.5, 0.6) is 11.5 Å². The van der Waals surface area contributed by atoms with Gasteiger partial charge in [0.1, 0.15) is 13.2 Å². The molecule has 1 aromatic carbocycles. The fraction of sp³-hybridized carbons (Fsp3) is 0.304. The molecule has 2 aliphatic rings. The van der Waals surface area contributed by atoms with E-state index in [0.717, 1.165) is 5.56 Å². The summed E-state index contributed by atoms with van der Waals surface area (Å²) in [5.74, 6) is 1.44. The van der Waals surface area contributed by atoms with Crippen molar-refractivity contribution < 1.29 is 19.0 Å². The number of fused-ring (bicyclic) bond motifs is 1. The van der Waals surface area contributed by atoms with E-state index >= 15 is 0 Å². The molecule has 1 saturated heterocycles. The number of rotatable bonds is 4. The number of carbonyl (C=O) groups is 1. The molecular formula is C23H23N5O5. The molecule has 1 N–H and O–H groups in total. The second-order valence-corrected chi connectivity index (χ2v) is 7.73. The Morgan fingerprint density at radius 2 is 1.85 bits per heavy atom. The molecule has 4 heterocycles. The maximum absolute atomic E-state index is 12.9. The summed E-state index contributed by atoms with van der Waals surface area (Å²) in [4.78, 5) is 36.1. The van der Waals surface area contributed by atoms with Gasteiger partial charge in [-0.05, 0) is 24.3 Å². The van der Waals surface area contributed by atoms with E-state index in [1.165, 1.54) is 10.6 Å². The lowest BCUT2D eigenvalue weighted by atomic mass is 10.2. The van der Waals surface area contributed by atoms with E-state index in [1.807, 2.05) is 4.90 Å². The third-order valence-electron chi connectivity index (χ3n) is 5.54. The van der Waals surface area contributed by atoms with E-state index in [-0.39, 0.29) is 18.0 Å². The van der Waals surface area contributed by atoms with Crippen molar-refractivity contribution in [3.63, 3.8) is 0 Å². The molecule has 0 bridgehead atoms. The van der Waals surface area contributed by atoms with Crippen LogP contribution in [0.1, 0.15) is 0 Å². The summed E-state index contributed by atoms with van der Waals surface area (Å²) in [5.41, 5.74) is 1.76. The molecule has 10 nitrogen and oxygen atoms in total. The lowest BCUT2D eigenvalue weighted by Crippen LogP contribution is -2.49. The van der Waals surface area contributed by atoms with Crippen molar-refractivity contribution in [2.24, 2.45) is 7.05 Å². The van der Waals surface area contributed by atoms with E-state index < -0.39 is 6.10 Å². The Balaban J connectivity index is 1.34. The Morgan fingerprint density at radius 3 is 2.67 bits per heavy atom. The van der Waals surface area contributed by atoms with Gasteiger partial charge in [0.2, 0.25) is 5.95 Å². The largest absolute Gasteiger partial charge is 0.486 e. The van der Waals surface area contributed by atoms with E-state index in [2.05, 4.69) is 10.3 Å². The maximum atomic E-state index is 12.9. The van der Waals surface area contributed by atoms with Crippen LogP contribution in [-0.4, -0.2) is 59.5 Å². The number of hydrogen-bond acceptors (Lipinski definition) is 8. The number of anilines is 2. The van der Waals surface area contributed by atoms with Gasteiger partial charge in [-0.1, -0.05) is 0 Å². The zero-order valence-corrected chi connectivity index (χ0v) is 18.1. The minimum Gasteiger partial charge on any atom is -0.486 e. The number of aromatic nitrogens is 3. The number of nitrogens with one attached hydrogen (secondary N) is 1. The van der Waals surface area contributed by atoms with Crippen molar-refractivity contribution in [2.45, 2.75) is 6.10 Å². The number of benzene rings is 1. The van der Waals surface area contributed by atoms with Crippen LogP contribution < -0.4 is 25.2 Å². The van der Waals surface area contributed by atoms with Crippen LogP contribution in [0.25, 0.3) is 11.3 Å². The standard InChI is InChI=1S/C23H23N5O5/c1-27-21(29)13-17(15-4-6-24-7-5-15)26-23(27)28-8-9-31-20(14-28)22(30)25-16-2-3-18-19(12-16)33-11-10-32-18/h2-7,12-13,20H,8-11,14H2,1H3,(H,25,30). The summed E-state index contributed by atoms with van der Waals surface area (Å²) in [5, 5.41) is 2.87. The number of morpholine rings is 1. The third-order valence-corrected chi connectivity index (χ3v) is 5.54. The second kappa shape index (κ2) is 8.91. The van der Waals surface area contributed by atoms with E-state index in [9.17, 15) is 9.59 Å². The quantitative estimate of drug-likeness (QED) is 0.638. The summed E-state index contributed by atoms with van der Waals surface area (Å²) < 4.78 is 18.3. The van der Waals surface area contributed by atoms with Crippen LogP contribution in [0.2, 0.25) is 0 Å². The molecule has 2 aliphatic heterocycles.